The largest absolute Gasteiger partial charge is 0.386 e. The highest BCUT2D eigenvalue weighted by molar-refractivity contribution is 5.09. The van der Waals surface area contributed by atoms with Crippen LogP contribution in [0.15, 0.2) is 12.2 Å². The molecule has 0 atom stereocenters. The van der Waals surface area contributed by atoms with Crippen molar-refractivity contribution in [2.24, 2.45) is 11.8 Å². The summed E-state index contributed by atoms with van der Waals surface area (Å²) in [6.45, 7) is 14.3. The van der Waals surface area contributed by atoms with E-state index >= 15 is 0 Å². The first-order chi connectivity index (χ1) is 5.78. The van der Waals surface area contributed by atoms with Gasteiger partial charge < -0.3 is 5.11 Å². The van der Waals surface area contributed by atoms with Crippen LogP contribution in [-0.2, 0) is 0 Å². The van der Waals surface area contributed by atoms with E-state index in [1.165, 1.54) is 0 Å². The highest BCUT2D eigenvalue weighted by Gasteiger charge is 2.29. The lowest BCUT2D eigenvalue weighted by molar-refractivity contribution is 0.0360. The van der Waals surface area contributed by atoms with Crippen LogP contribution in [0.4, 0.5) is 0 Å². The molecule has 0 aliphatic heterocycles. The minimum absolute atomic E-state index is 0.514. The summed E-state index contributed by atoms with van der Waals surface area (Å²) in [7, 11) is 0. The molecule has 0 bridgehead atoms. The molecule has 0 radical (unpaired) electrons. The van der Waals surface area contributed by atoms with Crippen molar-refractivity contribution in [3.8, 4) is 0 Å². The normalized spacial score (nSPS) is 12.6. The minimum Gasteiger partial charge on any atom is -0.386 e. The van der Waals surface area contributed by atoms with Gasteiger partial charge in [0, 0.05) is 0 Å². The third-order valence-corrected chi connectivity index (χ3v) is 2.29. The van der Waals surface area contributed by atoms with Crippen molar-refractivity contribution in [2.45, 2.75) is 53.1 Å². The van der Waals surface area contributed by atoms with Gasteiger partial charge in [-0.2, -0.15) is 0 Å². The molecule has 0 spiro atoms. The second-order valence-electron chi connectivity index (χ2n) is 5.01. The van der Waals surface area contributed by atoms with E-state index in [0.717, 1.165) is 18.4 Å². The van der Waals surface area contributed by atoms with E-state index in [9.17, 15) is 5.11 Å². The third-order valence-electron chi connectivity index (χ3n) is 2.29. The van der Waals surface area contributed by atoms with Crippen molar-refractivity contribution in [3.05, 3.63) is 12.2 Å². The molecule has 0 aliphatic carbocycles. The molecule has 0 unspecified atom stereocenters. The number of aliphatic hydroxyl groups is 1. The summed E-state index contributed by atoms with van der Waals surface area (Å²) < 4.78 is 0. The van der Waals surface area contributed by atoms with Crippen LogP contribution in [-0.4, -0.2) is 10.7 Å². The first-order valence-electron chi connectivity index (χ1n) is 5.16. The van der Waals surface area contributed by atoms with Gasteiger partial charge in [0.2, 0.25) is 0 Å². The Bertz CT molecular complexity index is 158. The van der Waals surface area contributed by atoms with Crippen molar-refractivity contribution >= 4 is 0 Å². The Labute approximate surface area is 82.9 Å². The second kappa shape index (κ2) is 4.80. The van der Waals surface area contributed by atoms with E-state index in [0.29, 0.717) is 11.8 Å². The molecular formula is C12H24O. The van der Waals surface area contributed by atoms with Crippen molar-refractivity contribution in [1.29, 1.82) is 0 Å². The second-order valence-corrected chi connectivity index (χ2v) is 5.01. The maximum atomic E-state index is 10.3. The van der Waals surface area contributed by atoms with Crippen molar-refractivity contribution in [3.63, 3.8) is 0 Å². The molecule has 0 aromatic carbocycles. The maximum absolute atomic E-state index is 10.3. The molecule has 1 N–H and O–H groups in total. The zero-order chi connectivity index (χ0) is 10.6. The molecule has 1 heteroatoms. The Balaban J connectivity index is 4.43. The summed E-state index contributed by atoms with van der Waals surface area (Å²) in [5.41, 5.74) is 0.248. The first-order valence-corrected chi connectivity index (χ1v) is 5.16. The van der Waals surface area contributed by atoms with Crippen LogP contribution in [0.1, 0.15) is 47.5 Å². The summed E-state index contributed by atoms with van der Waals surface area (Å²) >= 11 is 0. The Morgan fingerprint density at radius 3 is 1.62 bits per heavy atom. The van der Waals surface area contributed by atoms with E-state index in [4.69, 9.17) is 0 Å². The van der Waals surface area contributed by atoms with Gasteiger partial charge in [-0.15, -0.1) is 0 Å². The molecular weight excluding hydrogens is 160 g/mol. The molecule has 0 rings (SSSR count). The molecule has 0 aliphatic rings. The molecule has 0 amide bonds. The zero-order valence-corrected chi connectivity index (χ0v) is 9.72. The average molecular weight is 184 g/mol. The minimum atomic E-state index is -0.650. The smallest absolute Gasteiger partial charge is 0.0856 e. The molecule has 0 saturated carbocycles. The van der Waals surface area contributed by atoms with Gasteiger partial charge in [-0.25, -0.2) is 0 Å². The lowest BCUT2D eigenvalue weighted by atomic mass is 9.81. The molecule has 0 fully saturated rings. The predicted molar refractivity (Wildman–Crippen MR) is 58.7 cm³/mol. The van der Waals surface area contributed by atoms with Crippen LogP contribution in [0.2, 0.25) is 0 Å². The highest BCUT2D eigenvalue weighted by Crippen LogP contribution is 2.30. The molecule has 0 saturated heterocycles. The van der Waals surface area contributed by atoms with Crippen LogP contribution in [0.5, 0.6) is 0 Å². The van der Waals surface area contributed by atoms with Crippen LogP contribution in [0, 0.1) is 11.8 Å². The van der Waals surface area contributed by atoms with Gasteiger partial charge in [0.05, 0.1) is 5.60 Å². The van der Waals surface area contributed by atoms with Gasteiger partial charge in [-0.3, -0.25) is 0 Å². The van der Waals surface area contributed by atoms with Crippen molar-refractivity contribution < 1.29 is 5.11 Å². The molecule has 0 heterocycles. The van der Waals surface area contributed by atoms with E-state index in [2.05, 4.69) is 34.3 Å². The van der Waals surface area contributed by atoms with Gasteiger partial charge in [0.25, 0.3) is 0 Å². The Hall–Kier alpha value is -0.300. The van der Waals surface area contributed by atoms with Crippen molar-refractivity contribution in [1.82, 2.24) is 0 Å². The number of hydrogen-bond acceptors (Lipinski definition) is 1. The molecule has 78 valence electrons. The van der Waals surface area contributed by atoms with E-state index in [1.807, 2.05) is 6.92 Å². The zero-order valence-electron chi connectivity index (χ0n) is 9.72. The molecule has 0 aromatic heterocycles. The SMILES string of the molecule is C=C(C)C(O)(CC(C)C)CC(C)C. The Kier molecular flexibility index (Phi) is 4.69. The Morgan fingerprint density at radius 2 is 1.46 bits per heavy atom. The summed E-state index contributed by atoms with van der Waals surface area (Å²) in [6.07, 6.45) is 1.64. The van der Waals surface area contributed by atoms with Gasteiger partial charge in [-0.1, -0.05) is 34.3 Å². The average Bonchev–Trinajstić information content (AvgIpc) is 1.82. The van der Waals surface area contributed by atoms with Crippen LogP contribution >= 0.6 is 0 Å². The fourth-order valence-corrected chi connectivity index (χ4v) is 1.78. The fourth-order valence-electron chi connectivity index (χ4n) is 1.78. The third kappa shape index (κ3) is 4.47. The van der Waals surface area contributed by atoms with Gasteiger partial charge in [0.15, 0.2) is 0 Å². The van der Waals surface area contributed by atoms with E-state index in [-0.39, 0.29) is 0 Å². The predicted octanol–water partition coefficient (Wildman–Crippen LogP) is 3.39. The summed E-state index contributed by atoms with van der Waals surface area (Å²) in [4.78, 5) is 0. The summed E-state index contributed by atoms with van der Waals surface area (Å²) in [6, 6.07) is 0. The van der Waals surface area contributed by atoms with Gasteiger partial charge >= 0.3 is 0 Å². The topological polar surface area (TPSA) is 20.2 Å². The molecule has 0 aromatic rings. The van der Waals surface area contributed by atoms with Crippen LogP contribution < -0.4 is 0 Å². The number of hydrogen-bond donors (Lipinski definition) is 1. The molecule has 1 nitrogen and oxygen atoms in total. The van der Waals surface area contributed by atoms with E-state index < -0.39 is 5.60 Å². The summed E-state index contributed by atoms with van der Waals surface area (Å²) in [5, 5.41) is 10.3. The van der Waals surface area contributed by atoms with Gasteiger partial charge in [0.1, 0.15) is 0 Å². The standard InChI is InChI=1S/C12H24O/c1-9(2)7-12(13,11(5)6)8-10(3)4/h9-10,13H,5,7-8H2,1-4,6H3. The molecule has 13 heavy (non-hydrogen) atoms. The van der Waals surface area contributed by atoms with Gasteiger partial charge in [-0.05, 0) is 37.2 Å². The van der Waals surface area contributed by atoms with E-state index in [1.54, 1.807) is 0 Å². The monoisotopic (exact) mass is 184 g/mol. The Morgan fingerprint density at radius 1 is 1.15 bits per heavy atom. The first kappa shape index (κ1) is 12.7. The fraction of sp³-hybridized carbons (Fsp3) is 0.833. The quantitative estimate of drug-likeness (QED) is 0.649. The van der Waals surface area contributed by atoms with Crippen LogP contribution in [0.3, 0.4) is 0 Å². The number of rotatable bonds is 5. The lowest BCUT2D eigenvalue weighted by Gasteiger charge is -2.32. The van der Waals surface area contributed by atoms with Crippen LogP contribution in [0.25, 0.3) is 0 Å². The summed E-state index contributed by atoms with van der Waals surface area (Å²) in [5.74, 6) is 1.03. The maximum Gasteiger partial charge on any atom is 0.0856 e. The highest BCUT2D eigenvalue weighted by atomic mass is 16.3. The lowest BCUT2D eigenvalue weighted by Crippen LogP contribution is -2.33. The van der Waals surface area contributed by atoms with Crippen molar-refractivity contribution in [2.75, 3.05) is 0 Å².